The third-order valence-electron chi connectivity index (χ3n) is 5.16. The van der Waals surface area contributed by atoms with Crippen LogP contribution in [-0.2, 0) is 20.7 Å². The third-order valence-corrected chi connectivity index (χ3v) is 5.16. The molecule has 1 N–H and O–H groups in total. The molecule has 2 aromatic rings. The lowest BCUT2D eigenvalue weighted by molar-refractivity contribution is -0.151. The van der Waals surface area contributed by atoms with Gasteiger partial charge >= 0.3 is 5.97 Å². The van der Waals surface area contributed by atoms with E-state index in [4.69, 9.17) is 4.74 Å². The van der Waals surface area contributed by atoms with E-state index < -0.39 is 0 Å². The molecule has 0 unspecified atom stereocenters. The van der Waals surface area contributed by atoms with Crippen LogP contribution in [0.5, 0.6) is 0 Å². The third kappa shape index (κ3) is 4.45. The highest BCUT2D eigenvalue weighted by molar-refractivity contribution is 5.89. The summed E-state index contributed by atoms with van der Waals surface area (Å²) in [6.07, 6.45) is 5.84. The van der Waals surface area contributed by atoms with Crippen molar-refractivity contribution in [1.82, 2.24) is 9.88 Å². The first-order valence-corrected chi connectivity index (χ1v) is 9.56. The van der Waals surface area contributed by atoms with E-state index in [0.717, 1.165) is 53.7 Å². The van der Waals surface area contributed by atoms with Crippen LogP contribution in [0.2, 0.25) is 0 Å². The summed E-state index contributed by atoms with van der Waals surface area (Å²) < 4.78 is 5.29. The van der Waals surface area contributed by atoms with Gasteiger partial charge < -0.3 is 14.6 Å². The normalized spacial score (nSPS) is 15.5. The Hall–Kier alpha value is -2.30. The fraction of sp³-hybridized carbons (Fsp3) is 0.524. The zero-order valence-electron chi connectivity index (χ0n) is 15.8. The van der Waals surface area contributed by atoms with Gasteiger partial charge in [-0.2, -0.15) is 0 Å². The molecule has 1 aliphatic heterocycles. The number of benzene rings is 1. The number of aromatic amines is 1. The molecule has 5 heteroatoms. The zero-order valence-corrected chi connectivity index (χ0v) is 15.8. The SMILES string of the molecule is Cc1ccc2[nH]c(C)c(CC(=O)OCC(=O)N3CCCCCCC3)c2c1. The standard InChI is InChI=1S/C21H28N2O3/c1-15-8-9-19-18(12-15)17(16(2)22-19)13-21(25)26-14-20(24)23-10-6-4-3-5-7-11-23/h8-9,12,22H,3-7,10-11,13-14H2,1-2H3. The Morgan fingerprint density at radius 1 is 1.08 bits per heavy atom. The van der Waals surface area contributed by atoms with Crippen LogP contribution in [0.4, 0.5) is 0 Å². The zero-order chi connectivity index (χ0) is 18.5. The van der Waals surface area contributed by atoms with E-state index in [9.17, 15) is 9.59 Å². The maximum Gasteiger partial charge on any atom is 0.310 e. The summed E-state index contributed by atoms with van der Waals surface area (Å²) in [5.41, 5.74) is 4.09. The second-order valence-corrected chi connectivity index (χ2v) is 7.26. The number of carbonyl (C=O) groups is 2. The molecule has 2 heterocycles. The summed E-state index contributed by atoms with van der Waals surface area (Å²) in [6, 6.07) is 6.15. The van der Waals surface area contributed by atoms with Gasteiger partial charge in [0.05, 0.1) is 6.42 Å². The monoisotopic (exact) mass is 356 g/mol. The van der Waals surface area contributed by atoms with E-state index in [1.807, 2.05) is 30.9 Å². The van der Waals surface area contributed by atoms with E-state index in [-0.39, 0.29) is 24.9 Å². The molecule has 1 amide bonds. The van der Waals surface area contributed by atoms with Crippen LogP contribution >= 0.6 is 0 Å². The first kappa shape index (κ1) is 18.5. The van der Waals surface area contributed by atoms with Gasteiger partial charge in [0.2, 0.25) is 0 Å². The van der Waals surface area contributed by atoms with Gasteiger partial charge in [0.15, 0.2) is 6.61 Å². The Bertz CT molecular complexity index is 786. The molecule has 0 atom stereocenters. The number of rotatable bonds is 4. The van der Waals surface area contributed by atoms with Crippen LogP contribution in [0.3, 0.4) is 0 Å². The molecule has 1 aliphatic rings. The van der Waals surface area contributed by atoms with E-state index >= 15 is 0 Å². The van der Waals surface area contributed by atoms with E-state index in [1.165, 1.54) is 19.3 Å². The molecule has 5 nitrogen and oxygen atoms in total. The molecular formula is C21H28N2O3. The van der Waals surface area contributed by atoms with E-state index in [1.54, 1.807) is 0 Å². The number of H-pyrrole nitrogens is 1. The largest absolute Gasteiger partial charge is 0.455 e. The van der Waals surface area contributed by atoms with Crippen molar-refractivity contribution in [1.29, 1.82) is 0 Å². The molecule has 0 spiro atoms. The Labute approximate surface area is 154 Å². The number of amides is 1. The fourth-order valence-electron chi connectivity index (χ4n) is 3.65. The number of fused-ring (bicyclic) bond motifs is 1. The van der Waals surface area contributed by atoms with Crippen LogP contribution < -0.4 is 0 Å². The average molecular weight is 356 g/mol. The second kappa shape index (κ2) is 8.39. The Morgan fingerprint density at radius 3 is 2.50 bits per heavy atom. The minimum Gasteiger partial charge on any atom is -0.455 e. The number of aromatic nitrogens is 1. The van der Waals surface area contributed by atoms with Crippen LogP contribution in [0, 0.1) is 13.8 Å². The minimum absolute atomic E-state index is 0.0771. The van der Waals surface area contributed by atoms with Crippen LogP contribution in [0.25, 0.3) is 10.9 Å². The highest BCUT2D eigenvalue weighted by Gasteiger charge is 2.18. The van der Waals surface area contributed by atoms with Crippen LogP contribution in [0.1, 0.15) is 48.9 Å². The summed E-state index contributed by atoms with van der Waals surface area (Å²) in [6.45, 7) is 5.39. The summed E-state index contributed by atoms with van der Waals surface area (Å²) >= 11 is 0. The molecular weight excluding hydrogens is 328 g/mol. The lowest BCUT2D eigenvalue weighted by Crippen LogP contribution is -2.37. The fourth-order valence-corrected chi connectivity index (χ4v) is 3.65. The highest BCUT2D eigenvalue weighted by atomic mass is 16.5. The van der Waals surface area contributed by atoms with Gasteiger partial charge in [-0.3, -0.25) is 9.59 Å². The predicted octanol–water partition coefficient (Wildman–Crippen LogP) is 3.66. The second-order valence-electron chi connectivity index (χ2n) is 7.26. The number of likely N-dealkylation sites (tertiary alicyclic amines) is 1. The van der Waals surface area contributed by atoms with Gasteiger partial charge in [-0.05, 0) is 44.4 Å². The molecule has 26 heavy (non-hydrogen) atoms. The van der Waals surface area contributed by atoms with Crippen molar-refractivity contribution in [2.24, 2.45) is 0 Å². The molecule has 0 radical (unpaired) electrons. The summed E-state index contributed by atoms with van der Waals surface area (Å²) in [4.78, 5) is 29.8. The van der Waals surface area contributed by atoms with Gasteiger partial charge in [-0.15, -0.1) is 0 Å². The maximum atomic E-state index is 12.3. The maximum absolute atomic E-state index is 12.3. The van der Waals surface area contributed by atoms with Crippen molar-refractivity contribution in [2.45, 2.75) is 52.4 Å². The van der Waals surface area contributed by atoms with Crippen molar-refractivity contribution in [3.05, 3.63) is 35.0 Å². The number of ether oxygens (including phenoxy) is 1. The number of aryl methyl sites for hydroxylation is 2. The summed E-state index contributed by atoms with van der Waals surface area (Å²) in [5.74, 6) is -0.428. The Morgan fingerprint density at radius 2 is 1.77 bits per heavy atom. The molecule has 0 bridgehead atoms. The number of nitrogens with one attached hydrogen (secondary N) is 1. The van der Waals surface area contributed by atoms with E-state index in [0.29, 0.717) is 0 Å². The number of nitrogens with zero attached hydrogens (tertiary/aromatic N) is 1. The summed E-state index contributed by atoms with van der Waals surface area (Å²) in [7, 11) is 0. The molecule has 1 aromatic heterocycles. The molecule has 0 saturated carbocycles. The van der Waals surface area contributed by atoms with Crippen molar-refractivity contribution in [2.75, 3.05) is 19.7 Å². The number of esters is 1. The molecule has 1 aromatic carbocycles. The van der Waals surface area contributed by atoms with Crippen LogP contribution in [-0.4, -0.2) is 41.5 Å². The number of carbonyl (C=O) groups excluding carboxylic acids is 2. The van der Waals surface area contributed by atoms with Gasteiger partial charge in [0.1, 0.15) is 0 Å². The Kier molecular flexibility index (Phi) is 5.96. The quantitative estimate of drug-likeness (QED) is 0.851. The molecule has 140 valence electrons. The first-order chi connectivity index (χ1) is 12.5. The topological polar surface area (TPSA) is 62.4 Å². The lowest BCUT2D eigenvalue weighted by atomic mass is 10.1. The van der Waals surface area contributed by atoms with Gasteiger partial charge in [0, 0.05) is 29.7 Å². The smallest absolute Gasteiger partial charge is 0.310 e. The van der Waals surface area contributed by atoms with Crippen molar-refractivity contribution in [3.8, 4) is 0 Å². The van der Waals surface area contributed by atoms with E-state index in [2.05, 4.69) is 11.1 Å². The van der Waals surface area contributed by atoms with Gasteiger partial charge in [0.25, 0.3) is 5.91 Å². The first-order valence-electron chi connectivity index (χ1n) is 9.56. The number of hydrogen-bond acceptors (Lipinski definition) is 3. The number of hydrogen-bond donors (Lipinski definition) is 1. The Balaban J connectivity index is 1.58. The molecule has 3 rings (SSSR count). The minimum atomic E-state index is -0.351. The molecule has 0 aliphatic carbocycles. The van der Waals surface area contributed by atoms with Crippen LogP contribution in [0.15, 0.2) is 18.2 Å². The van der Waals surface area contributed by atoms with Crippen molar-refractivity contribution in [3.63, 3.8) is 0 Å². The van der Waals surface area contributed by atoms with Gasteiger partial charge in [-0.1, -0.05) is 30.9 Å². The average Bonchev–Trinajstić information content (AvgIpc) is 2.88. The molecule has 1 saturated heterocycles. The molecule has 1 fully saturated rings. The summed E-state index contributed by atoms with van der Waals surface area (Å²) in [5, 5.41) is 1.05. The van der Waals surface area contributed by atoms with Gasteiger partial charge in [-0.25, -0.2) is 0 Å². The van der Waals surface area contributed by atoms with Crippen molar-refractivity contribution >= 4 is 22.8 Å². The highest BCUT2D eigenvalue weighted by Crippen LogP contribution is 2.24. The predicted molar refractivity (Wildman–Crippen MR) is 102 cm³/mol. The lowest BCUT2D eigenvalue weighted by Gasteiger charge is -2.24. The van der Waals surface area contributed by atoms with Crippen molar-refractivity contribution < 1.29 is 14.3 Å².